The lowest BCUT2D eigenvalue weighted by Crippen LogP contribution is -2.59. The van der Waals surface area contributed by atoms with Gasteiger partial charge in [-0.15, -0.1) is 0 Å². The molecule has 4 unspecified atom stereocenters. The van der Waals surface area contributed by atoms with Crippen LogP contribution in [0.2, 0.25) is 0 Å². The van der Waals surface area contributed by atoms with Crippen LogP contribution in [0, 0.1) is 23.7 Å². The van der Waals surface area contributed by atoms with E-state index in [-0.39, 0.29) is 46.7 Å². The van der Waals surface area contributed by atoms with E-state index in [1.54, 1.807) is 115 Å². The quantitative estimate of drug-likeness (QED) is 0.0564. The highest BCUT2D eigenvalue weighted by molar-refractivity contribution is 8.76. The molecule has 72 heavy (non-hydrogen) atoms. The van der Waals surface area contributed by atoms with Gasteiger partial charge in [0.05, 0.1) is 12.8 Å². The molecule has 4 fully saturated rings. The number of rotatable bonds is 13. The normalized spacial score (nSPS) is 31.3. The Bertz CT molecular complexity index is 1900. The molecule has 8 N–H and O–H groups in total. The molecule has 0 radical (unpaired) electrons. The van der Waals surface area contributed by atoms with Crippen LogP contribution in [0.1, 0.15) is 94.9 Å². The Hall–Kier alpha value is -4.42. The van der Waals surface area contributed by atoms with E-state index in [4.69, 9.17) is 9.47 Å². The SMILES string of the molecule is CC1SC[C@H]2NC(=O)[C@@H](C(C)C)NC(=O)C[C@H](/C=C/CCSSCC/C=C/[C@H]3CC(=O)N[C@H](C(C)C)C(=O)N[C@@H]4CSC(C)C(NC4=O)C(=O)N[C@@H](C(C)C)C(=O)O3)OC(=O)[C@H](C(C)C)NC(=O)C1NC2=O. The van der Waals surface area contributed by atoms with Gasteiger partial charge in [-0.3, -0.25) is 38.4 Å². The van der Waals surface area contributed by atoms with E-state index in [0.717, 1.165) is 0 Å². The largest absolute Gasteiger partial charge is 0.456 e. The van der Waals surface area contributed by atoms with Gasteiger partial charge in [0.25, 0.3) is 0 Å². The molecule has 24 heteroatoms. The molecule has 20 nitrogen and oxygen atoms in total. The number of hydrogen-bond donors (Lipinski definition) is 8. The van der Waals surface area contributed by atoms with Crippen molar-refractivity contribution in [2.45, 2.75) is 166 Å². The highest BCUT2D eigenvalue weighted by Gasteiger charge is 2.41. The van der Waals surface area contributed by atoms with Crippen LogP contribution in [-0.4, -0.2) is 153 Å². The zero-order valence-electron chi connectivity index (χ0n) is 42.7. The summed E-state index contributed by atoms with van der Waals surface area (Å²) in [7, 11) is 3.14. The smallest absolute Gasteiger partial charge is 0.329 e. The number of carbonyl (C=O) groups is 10. The fraction of sp³-hybridized carbons (Fsp3) is 0.708. The van der Waals surface area contributed by atoms with Crippen molar-refractivity contribution in [1.82, 2.24) is 42.5 Å². The van der Waals surface area contributed by atoms with Crippen molar-refractivity contribution in [3.8, 4) is 0 Å². The molecule has 0 aromatic rings. The summed E-state index contributed by atoms with van der Waals surface area (Å²) in [5.74, 6) is -5.77. The molecule has 0 aromatic heterocycles. The summed E-state index contributed by atoms with van der Waals surface area (Å²) in [5, 5.41) is 21.2. The Morgan fingerprint density at radius 3 is 1.15 bits per heavy atom. The third-order valence-corrected chi connectivity index (χ3v) is 17.3. The number of hydrogen-bond acceptors (Lipinski definition) is 16. The standard InChI is InChI=1S/C48H74N8O12S4/c1-23(2)35-43(61)49-31-21-69-27(9)39(55-41(31)59)45(63)53-37(25(5)6)47(65)67-29(19-33(57)51-35)15-11-13-17-71-72-18-14-12-16-30-20-34(58)52-36(24(3)4)44(62)50-32-22-70-28(10)40(56-42(32)60)46(64)54-38(26(7)8)48(66)68-30/h11-12,15-16,23-32,35-40H,13-14,17-22H2,1-10H3,(H,49,61)(H,50,62)(H,51,57)(H,52,58)(H,53,63)(H,54,64)(H,55,59)(H,56,60)/b15-11+,16-12+/t27?,28?,29-,30-,31+,32+,35+,36+,37-,38-,39?,40?/m0/s1. The Kier molecular flexibility index (Phi) is 24.1. The lowest BCUT2D eigenvalue weighted by atomic mass is 10.0. The van der Waals surface area contributed by atoms with E-state index < -0.39 is 132 Å². The third kappa shape index (κ3) is 18.2. The van der Waals surface area contributed by atoms with Crippen LogP contribution in [0.3, 0.4) is 0 Å². The van der Waals surface area contributed by atoms with Crippen molar-refractivity contribution in [3.05, 3.63) is 24.3 Å². The molecule has 0 aromatic carbocycles. The average Bonchev–Trinajstić information content (AvgIpc) is 3.53. The number of thioether (sulfide) groups is 2. The zero-order chi connectivity index (χ0) is 53.4. The summed E-state index contributed by atoms with van der Waals surface area (Å²) in [6.45, 7) is 17.6. The van der Waals surface area contributed by atoms with Gasteiger partial charge in [-0.25, -0.2) is 9.59 Å². The van der Waals surface area contributed by atoms with Gasteiger partial charge in [0.15, 0.2) is 0 Å². The molecule has 0 aliphatic carbocycles. The average molecular weight is 1080 g/mol. The lowest BCUT2D eigenvalue weighted by Gasteiger charge is -2.28. The first-order valence-electron chi connectivity index (χ1n) is 24.6. The fourth-order valence-corrected chi connectivity index (χ4v) is 12.1. The molecule has 0 saturated carbocycles. The predicted molar refractivity (Wildman–Crippen MR) is 280 cm³/mol. The first kappa shape index (κ1) is 60.1. The Morgan fingerprint density at radius 2 is 0.819 bits per heavy atom. The lowest BCUT2D eigenvalue weighted by molar-refractivity contribution is -0.154. The van der Waals surface area contributed by atoms with Gasteiger partial charge in [-0.05, 0) is 48.7 Å². The van der Waals surface area contributed by atoms with Crippen molar-refractivity contribution in [2.75, 3.05) is 23.0 Å². The number of esters is 2. The van der Waals surface area contributed by atoms with Crippen LogP contribution >= 0.6 is 45.1 Å². The number of amides is 8. The van der Waals surface area contributed by atoms with Crippen molar-refractivity contribution < 1.29 is 57.4 Å². The van der Waals surface area contributed by atoms with Crippen LogP contribution in [0.4, 0.5) is 0 Å². The van der Waals surface area contributed by atoms with Gasteiger partial charge in [0.2, 0.25) is 47.3 Å². The van der Waals surface area contributed by atoms with Crippen LogP contribution in [-0.2, 0) is 57.4 Å². The van der Waals surface area contributed by atoms with Crippen LogP contribution < -0.4 is 42.5 Å². The molecule has 402 valence electrons. The predicted octanol–water partition coefficient (Wildman–Crippen LogP) is 1.66. The number of carbonyl (C=O) groups excluding carboxylic acids is 10. The number of fused-ring (bicyclic) bond motifs is 6. The second kappa shape index (κ2) is 28.9. The highest BCUT2D eigenvalue weighted by atomic mass is 33.1. The monoisotopic (exact) mass is 1080 g/mol. The molecule has 8 amide bonds. The van der Waals surface area contributed by atoms with E-state index >= 15 is 0 Å². The zero-order valence-corrected chi connectivity index (χ0v) is 46.0. The van der Waals surface area contributed by atoms with E-state index in [2.05, 4.69) is 42.5 Å². The maximum atomic E-state index is 13.7. The van der Waals surface area contributed by atoms with E-state index in [1.165, 1.54) is 23.5 Å². The summed E-state index contributed by atoms with van der Waals surface area (Å²) in [6, 6.07) is -8.02. The first-order valence-corrected chi connectivity index (χ1v) is 29.2. The molecule has 4 saturated heterocycles. The number of nitrogens with one attached hydrogen (secondary N) is 8. The second-order valence-corrected chi connectivity index (χ2v) is 25.2. The number of allylic oxidation sites excluding steroid dienone is 2. The summed E-state index contributed by atoms with van der Waals surface area (Å²) in [5.41, 5.74) is 0. The van der Waals surface area contributed by atoms with Crippen LogP contribution in [0.25, 0.3) is 0 Å². The maximum absolute atomic E-state index is 13.7. The van der Waals surface area contributed by atoms with Gasteiger partial charge in [-0.1, -0.05) is 103 Å². The summed E-state index contributed by atoms with van der Waals surface area (Å²) >= 11 is 2.65. The fourth-order valence-electron chi connectivity index (χ4n) is 7.85. The molecule has 0 spiro atoms. The number of ether oxygens (including phenoxy) is 2. The Labute approximate surface area is 439 Å². The molecule has 4 heterocycles. The Balaban J connectivity index is 1.40. The van der Waals surface area contributed by atoms with Gasteiger partial charge >= 0.3 is 11.9 Å². The van der Waals surface area contributed by atoms with Crippen molar-refractivity contribution >= 4 is 104 Å². The van der Waals surface area contributed by atoms with Gasteiger partial charge in [0, 0.05) is 33.5 Å². The highest BCUT2D eigenvalue weighted by Crippen LogP contribution is 2.25. The van der Waals surface area contributed by atoms with Crippen molar-refractivity contribution in [3.63, 3.8) is 0 Å². The van der Waals surface area contributed by atoms with Crippen LogP contribution in [0.5, 0.6) is 0 Å². The summed E-state index contributed by atoms with van der Waals surface area (Å²) in [4.78, 5) is 135. The first-order chi connectivity index (χ1) is 34.0. The van der Waals surface area contributed by atoms with Gasteiger partial charge in [0.1, 0.15) is 60.5 Å². The topological polar surface area (TPSA) is 285 Å². The molecular weight excluding hydrogens is 1010 g/mol. The summed E-state index contributed by atoms with van der Waals surface area (Å²) < 4.78 is 11.7. The minimum absolute atomic E-state index is 0.204. The molecule has 4 aliphatic heterocycles. The molecule has 4 aliphatic rings. The number of cyclic esters (lactones) is 2. The van der Waals surface area contributed by atoms with Gasteiger partial charge < -0.3 is 52.0 Å². The van der Waals surface area contributed by atoms with Crippen molar-refractivity contribution in [1.29, 1.82) is 0 Å². The summed E-state index contributed by atoms with van der Waals surface area (Å²) in [6.07, 6.45) is 5.22. The molecule has 12 atom stereocenters. The Morgan fingerprint density at radius 1 is 0.472 bits per heavy atom. The van der Waals surface area contributed by atoms with Gasteiger partial charge in [-0.2, -0.15) is 23.5 Å². The molecule has 4 rings (SSSR count). The van der Waals surface area contributed by atoms with E-state index in [0.29, 0.717) is 24.3 Å². The maximum Gasteiger partial charge on any atom is 0.329 e. The third-order valence-electron chi connectivity index (χ3n) is 12.2. The minimum atomic E-state index is -1.08. The van der Waals surface area contributed by atoms with Crippen molar-refractivity contribution in [2.24, 2.45) is 23.7 Å². The second-order valence-electron chi connectivity index (χ2n) is 19.6. The molecular formula is C48H74N8O12S4. The minimum Gasteiger partial charge on any atom is -0.456 e. The van der Waals surface area contributed by atoms with E-state index in [9.17, 15) is 47.9 Å². The molecule has 4 bridgehead atoms. The van der Waals surface area contributed by atoms with E-state index in [1.807, 2.05) is 0 Å². The van der Waals surface area contributed by atoms with Crippen LogP contribution in [0.15, 0.2) is 24.3 Å².